The molecule has 5 atom stereocenters. The van der Waals surface area contributed by atoms with Gasteiger partial charge in [0, 0.05) is 23.5 Å². The summed E-state index contributed by atoms with van der Waals surface area (Å²) in [5.41, 5.74) is 0. The summed E-state index contributed by atoms with van der Waals surface area (Å²) in [6.07, 6.45) is -5.43. The van der Waals surface area contributed by atoms with Gasteiger partial charge in [0.15, 0.2) is 0 Å². The zero-order valence-corrected chi connectivity index (χ0v) is 14.8. The molecule has 0 heterocycles. The van der Waals surface area contributed by atoms with Crippen LogP contribution >= 0.6 is 11.9 Å². The van der Waals surface area contributed by atoms with Crippen LogP contribution in [0.3, 0.4) is 0 Å². The molecular weight excluding hydrogens is 358 g/mol. The smallest absolute Gasteiger partial charge is 0.244 e. The Hall–Kier alpha value is -1.60. The molecule has 0 rings (SSSR count). The van der Waals surface area contributed by atoms with Crippen molar-refractivity contribution in [3.05, 3.63) is 4.91 Å². The van der Waals surface area contributed by atoms with Crippen molar-refractivity contribution in [1.29, 1.82) is 0 Å². The molecule has 0 aliphatic rings. The molecule has 0 aromatic carbocycles. The van der Waals surface area contributed by atoms with E-state index < -0.39 is 53.6 Å². The predicted octanol–water partition coefficient (Wildman–Crippen LogP) is -2.56. The normalized spacial score (nSPS) is 17.6. The molecule has 144 valence electrons. The largest absolute Gasteiger partial charge is 0.394 e. The molecule has 25 heavy (non-hydrogen) atoms. The molecule has 6 N–H and O–H groups in total. The van der Waals surface area contributed by atoms with E-state index in [2.05, 4.69) is 15.2 Å². The van der Waals surface area contributed by atoms with E-state index in [0.29, 0.717) is 11.9 Å². The number of aliphatic hydroxyl groups excluding tert-OH is 4. The van der Waals surface area contributed by atoms with Gasteiger partial charge in [0.1, 0.15) is 36.7 Å². The van der Waals surface area contributed by atoms with Gasteiger partial charge < -0.3 is 35.9 Å². The van der Waals surface area contributed by atoms with Crippen molar-refractivity contribution in [2.24, 2.45) is 4.58 Å². The highest BCUT2D eigenvalue weighted by atomic mass is 32.2. The molecular formula is C13H23N3O8S. The lowest BCUT2D eigenvalue weighted by molar-refractivity contribution is -0.134. The maximum absolute atomic E-state index is 12.4. The topological polar surface area (TPSA) is 186 Å². The summed E-state index contributed by atoms with van der Waals surface area (Å²) in [6.45, 7) is 3.18. The quantitative estimate of drug-likeness (QED) is 0.127. The number of hydrogen-bond acceptors (Lipinski definition) is 10. The molecule has 2 amide bonds. The summed E-state index contributed by atoms with van der Waals surface area (Å²) in [6, 6.07) is -2.92. The molecule has 0 aromatic rings. The number of rotatable bonds is 11. The highest BCUT2D eigenvalue weighted by Crippen LogP contribution is 2.29. The monoisotopic (exact) mass is 381 g/mol. The maximum atomic E-state index is 12.4. The van der Waals surface area contributed by atoms with Crippen molar-refractivity contribution in [3.8, 4) is 0 Å². The predicted molar refractivity (Wildman–Crippen MR) is 88.2 cm³/mol. The second-order valence-corrected chi connectivity index (χ2v) is 7.19. The minimum Gasteiger partial charge on any atom is -0.394 e. The van der Waals surface area contributed by atoms with Crippen molar-refractivity contribution < 1.29 is 34.8 Å². The first-order chi connectivity index (χ1) is 11.5. The van der Waals surface area contributed by atoms with E-state index in [1.54, 1.807) is 0 Å². The van der Waals surface area contributed by atoms with Gasteiger partial charge in [0.2, 0.25) is 11.8 Å². The Bertz CT molecular complexity index is 490. The highest BCUT2D eigenvalue weighted by molar-refractivity contribution is 7.99. The molecule has 0 aliphatic carbocycles. The summed E-state index contributed by atoms with van der Waals surface area (Å²) < 4.78 is 1.45. The summed E-state index contributed by atoms with van der Waals surface area (Å²) >= 11 is 0.491. The Balaban J connectivity index is 5.32. The van der Waals surface area contributed by atoms with Crippen LogP contribution < -0.4 is 10.6 Å². The molecule has 11 nitrogen and oxygen atoms in total. The van der Waals surface area contributed by atoms with E-state index in [4.69, 9.17) is 5.11 Å². The third-order valence-electron chi connectivity index (χ3n) is 3.33. The van der Waals surface area contributed by atoms with E-state index >= 15 is 0 Å². The van der Waals surface area contributed by atoms with E-state index in [0.717, 1.165) is 6.92 Å². The van der Waals surface area contributed by atoms with Gasteiger partial charge in [0.25, 0.3) is 0 Å². The second kappa shape index (κ2) is 10.4. The zero-order chi connectivity index (χ0) is 19.8. The van der Waals surface area contributed by atoms with Crippen molar-refractivity contribution in [3.63, 3.8) is 0 Å². The molecule has 0 fully saturated rings. The molecule has 0 aromatic heterocycles. The van der Waals surface area contributed by atoms with Crippen LogP contribution in [0.5, 0.6) is 0 Å². The van der Waals surface area contributed by atoms with Crippen molar-refractivity contribution in [2.45, 2.75) is 55.9 Å². The average Bonchev–Trinajstić information content (AvgIpc) is 2.54. The van der Waals surface area contributed by atoms with Gasteiger partial charge in [-0.1, -0.05) is 0 Å². The lowest BCUT2D eigenvalue weighted by Crippen LogP contribution is -2.61. The third-order valence-corrected chi connectivity index (χ3v) is 4.11. The number of aliphatic hydroxyl groups is 4. The lowest BCUT2D eigenvalue weighted by Gasteiger charge is -2.32. The van der Waals surface area contributed by atoms with Crippen LogP contribution in [0, 0.1) is 4.91 Å². The van der Waals surface area contributed by atoms with Crippen LogP contribution in [-0.4, -0.2) is 80.3 Å². The third kappa shape index (κ3) is 7.04. The minimum atomic E-state index is -1.92. The lowest BCUT2D eigenvalue weighted by atomic mass is 9.99. The summed E-state index contributed by atoms with van der Waals surface area (Å²) in [5.74, 6) is -1.50. The van der Waals surface area contributed by atoms with Gasteiger partial charge in [-0.3, -0.25) is 9.59 Å². The van der Waals surface area contributed by atoms with Gasteiger partial charge in [-0.2, -0.15) is 0 Å². The van der Waals surface area contributed by atoms with Gasteiger partial charge in [-0.05, 0) is 13.8 Å². The fourth-order valence-corrected chi connectivity index (χ4v) is 2.37. The van der Waals surface area contributed by atoms with Crippen LogP contribution in [0.15, 0.2) is 4.58 Å². The molecule has 12 heteroatoms. The van der Waals surface area contributed by atoms with Crippen molar-refractivity contribution in [1.82, 2.24) is 10.6 Å². The van der Waals surface area contributed by atoms with Gasteiger partial charge in [-0.25, -0.2) is 0 Å². The molecule has 0 radical (unpaired) electrons. The maximum Gasteiger partial charge on any atom is 0.244 e. The fourth-order valence-electron chi connectivity index (χ4n) is 1.90. The molecule has 0 unspecified atom stereocenters. The average molecular weight is 381 g/mol. The van der Waals surface area contributed by atoms with Gasteiger partial charge in [-0.15, -0.1) is 4.91 Å². The summed E-state index contributed by atoms with van der Waals surface area (Å²) in [4.78, 5) is 45.3. The van der Waals surface area contributed by atoms with E-state index in [1.165, 1.54) is 13.8 Å². The number of aldehydes is 1. The van der Waals surface area contributed by atoms with E-state index in [-0.39, 0.29) is 6.29 Å². The van der Waals surface area contributed by atoms with Crippen LogP contribution in [0.2, 0.25) is 0 Å². The van der Waals surface area contributed by atoms with Crippen molar-refractivity contribution in [2.75, 3.05) is 6.61 Å². The fraction of sp³-hybridized carbons (Fsp3) is 0.769. The number of hydrogen-bond donors (Lipinski definition) is 6. The molecule has 0 aliphatic heterocycles. The minimum absolute atomic E-state index is 0.124. The molecule has 0 saturated heterocycles. The van der Waals surface area contributed by atoms with E-state index in [1.807, 2.05) is 0 Å². The van der Waals surface area contributed by atoms with Crippen LogP contribution in [0.1, 0.15) is 20.8 Å². The van der Waals surface area contributed by atoms with Gasteiger partial charge >= 0.3 is 0 Å². The highest BCUT2D eigenvalue weighted by Gasteiger charge is 2.40. The Labute approximate surface area is 148 Å². The van der Waals surface area contributed by atoms with Crippen molar-refractivity contribution >= 4 is 30.0 Å². The molecule has 0 saturated carbocycles. The van der Waals surface area contributed by atoms with Gasteiger partial charge in [0.05, 0.1) is 11.4 Å². The first-order valence-electron chi connectivity index (χ1n) is 7.20. The Morgan fingerprint density at radius 2 is 1.76 bits per heavy atom. The first-order valence-corrected chi connectivity index (χ1v) is 7.97. The summed E-state index contributed by atoms with van der Waals surface area (Å²) in [5, 5.41) is 42.0. The first kappa shape index (κ1) is 23.4. The SMILES string of the molecule is CC(=O)N[C@@H](C(=O)N[C@@H](C=O)[C@@H](O)[C@@H](O)[C@H](O)CO)C(C)(C)SN=O. The van der Waals surface area contributed by atoms with E-state index in [9.17, 15) is 34.6 Å². The number of amides is 2. The number of nitrogens with one attached hydrogen (secondary N) is 2. The molecule has 0 bridgehead atoms. The zero-order valence-electron chi connectivity index (χ0n) is 13.9. The second-order valence-electron chi connectivity index (χ2n) is 5.80. The Morgan fingerprint density at radius 1 is 1.20 bits per heavy atom. The number of carbonyl (C=O) groups is 3. The number of carbonyl (C=O) groups excluding carboxylic acids is 3. The van der Waals surface area contributed by atoms with Crippen LogP contribution in [-0.2, 0) is 14.4 Å². The van der Waals surface area contributed by atoms with Crippen LogP contribution in [0.25, 0.3) is 0 Å². The molecule has 0 spiro atoms. The van der Waals surface area contributed by atoms with Crippen LogP contribution in [0.4, 0.5) is 0 Å². The number of nitroso groups, excluding NO2 is 1. The number of nitrogens with zero attached hydrogens (tertiary/aromatic N) is 1. The Morgan fingerprint density at radius 3 is 2.16 bits per heavy atom. The summed E-state index contributed by atoms with van der Waals surface area (Å²) in [7, 11) is 0. The Kier molecular flexibility index (Phi) is 9.74. The standard InChI is InChI=1S/C13H23N3O8S/c1-6(19)14-11(13(2,3)25-16-24)12(23)15-7(4-17)9(21)10(22)8(20)5-18/h4,7-11,18,20-22H,5H2,1-3H3,(H,14,19)(H,15,23)/t7-,8+,9+,10-,11-/m0/s1.